The average molecular weight is 368 g/mol. The highest BCUT2D eigenvalue weighted by atomic mass is 35.5. The number of benzene rings is 3. The fraction of sp³-hybridized carbons (Fsp3) is 0.0952. The lowest BCUT2D eigenvalue weighted by atomic mass is 10.2. The summed E-state index contributed by atoms with van der Waals surface area (Å²) < 4.78 is 10.9. The third kappa shape index (κ3) is 4.35. The van der Waals surface area contributed by atoms with Crippen molar-refractivity contribution in [3.8, 4) is 17.2 Å². The van der Waals surface area contributed by atoms with Gasteiger partial charge in [-0.1, -0.05) is 23.7 Å². The summed E-state index contributed by atoms with van der Waals surface area (Å²) in [6.45, 7) is 2.00. The molecule has 3 aromatic rings. The number of carbonyl (C=O) groups is 1. The number of nitrogens with one attached hydrogen (secondary N) is 1. The normalized spacial score (nSPS) is 10.3. The predicted octanol–water partition coefficient (Wildman–Crippen LogP) is 5.70. The molecule has 0 heterocycles. The van der Waals surface area contributed by atoms with Gasteiger partial charge in [0.15, 0.2) is 0 Å². The molecule has 0 saturated carbocycles. The molecular formula is C21H18ClNO3. The zero-order valence-corrected chi connectivity index (χ0v) is 15.2. The van der Waals surface area contributed by atoms with Crippen molar-refractivity contribution in [3.63, 3.8) is 0 Å². The fourth-order valence-corrected chi connectivity index (χ4v) is 2.58. The molecule has 3 rings (SSSR count). The van der Waals surface area contributed by atoms with Gasteiger partial charge < -0.3 is 14.8 Å². The number of ether oxygens (including phenoxy) is 2. The summed E-state index contributed by atoms with van der Waals surface area (Å²) in [4.78, 5) is 12.4. The summed E-state index contributed by atoms with van der Waals surface area (Å²) in [6.07, 6.45) is 0. The molecule has 4 nitrogen and oxygen atoms in total. The Bertz CT molecular complexity index is 923. The highest BCUT2D eigenvalue weighted by Crippen LogP contribution is 2.27. The molecule has 0 bridgehead atoms. The molecule has 1 amide bonds. The minimum atomic E-state index is -0.262. The van der Waals surface area contributed by atoms with Gasteiger partial charge in [0, 0.05) is 11.6 Å². The van der Waals surface area contributed by atoms with E-state index in [2.05, 4.69) is 5.32 Å². The first-order valence-electron chi connectivity index (χ1n) is 8.04. The number of hydrogen-bond donors (Lipinski definition) is 1. The van der Waals surface area contributed by atoms with Gasteiger partial charge in [-0.25, -0.2) is 0 Å². The molecule has 0 aliphatic heterocycles. The number of amides is 1. The van der Waals surface area contributed by atoms with Crippen molar-refractivity contribution in [2.24, 2.45) is 0 Å². The van der Waals surface area contributed by atoms with Gasteiger partial charge in [0.2, 0.25) is 0 Å². The maximum Gasteiger partial charge on any atom is 0.255 e. The molecule has 0 aromatic heterocycles. The van der Waals surface area contributed by atoms with E-state index in [1.165, 1.54) is 0 Å². The molecule has 0 radical (unpaired) electrons. The summed E-state index contributed by atoms with van der Waals surface area (Å²) in [5, 5.41) is 3.23. The van der Waals surface area contributed by atoms with Crippen LogP contribution in [-0.2, 0) is 0 Å². The molecule has 26 heavy (non-hydrogen) atoms. The van der Waals surface area contributed by atoms with E-state index >= 15 is 0 Å². The molecule has 0 aliphatic carbocycles. The summed E-state index contributed by atoms with van der Waals surface area (Å²) >= 11 is 6.12. The monoisotopic (exact) mass is 367 g/mol. The molecular weight excluding hydrogens is 350 g/mol. The van der Waals surface area contributed by atoms with Gasteiger partial charge in [0.25, 0.3) is 5.91 Å². The third-order valence-corrected chi connectivity index (χ3v) is 4.09. The molecule has 0 saturated heterocycles. The Hall–Kier alpha value is -2.98. The summed E-state index contributed by atoms with van der Waals surface area (Å²) in [5.74, 6) is 1.77. The van der Waals surface area contributed by atoms with Gasteiger partial charge >= 0.3 is 0 Å². The maximum absolute atomic E-state index is 12.4. The van der Waals surface area contributed by atoms with Crippen molar-refractivity contribution in [1.82, 2.24) is 0 Å². The van der Waals surface area contributed by atoms with E-state index < -0.39 is 0 Å². The van der Waals surface area contributed by atoms with Crippen LogP contribution in [0.2, 0.25) is 5.02 Å². The van der Waals surface area contributed by atoms with Crippen molar-refractivity contribution in [2.75, 3.05) is 12.4 Å². The summed E-state index contributed by atoms with van der Waals surface area (Å²) in [6, 6.07) is 19.8. The van der Waals surface area contributed by atoms with E-state index in [0.29, 0.717) is 27.8 Å². The van der Waals surface area contributed by atoms with Crippen LogP contribution in [0.4, 0.5) is 5.69 Å². The molecule has 5 heteroatoms. The zero-order valence-electron chi connectivity index (χ0n) is 14.5. The van der Waals surface area contributed by atoms with Crippen LogP contribution in [0.1, 0.15) is 15.9 Å². The molecule has 0 unspecified atom stereocenters. The second-order valence-corrected chi connectivity index (χ2v) is 6.15. The number of carbonyl (C=O) groups excluding carboxylic acids is 1. The summed E-state index contributed by atoms with van der Waals surface area (Å²) in [7, 11) is 1.56. The third-order valence-electron chi connectivity index (χ3n) is 3.76. The Morgan fingerprint density at radius 1 is 0.923 bits per heavy atom. The van der Waals surface area contributed by atoms with Crippen molar-refractivity contribution < 1.29 is 14.3 Å². The molecule has 0 fully saturated rings. The summed E-state index contributed by atoms with van der Waals surface area (Å²) in [5.41, 5.74) is 2.12. The molecule has 132 valence electrons. The zero-order chi connectivity index (χ0) is 18.5. The van der Waals surface area contributed by atoms with Crippen LogP contribution in [-0.4, -0.2) is 13.0 Å². The van der Waals surface area contributed by atoms with Crippen LogP contribution < -0.4 is 14.8 Å². The standard InChI is InChI=1S/C21H18ClNO3/c1-14-4-3-5-18(12-14)26-16-8-6-15(7-9-16)21(24)23-20-13-17(25-2)10-11-19(20)22/h3-13H,1-2H3,(H,23,24). The van der Waals surface area contributed by atoms with E-state index in [0.717, 1.165) is 11.3 Å². The maximum atomic E-state index is 12.4. The van der Waals surface area contributed by atoms with Crippen LogP contribution in [0.5, 0.6) is 17.2 Å². The number of aryl methyl sites for hydroxylation is 1. The van der Waals surface area contributed by atoms with Gasteiger partial charge in [-0.3, -0.25) is 4.79 Å². The van der Waals surface area contributed by atoms with Gasteiger partial charge in [-0.05, 0) is 61.0 Å². The Morgan fingerprint density at radius 3 is 2.35 bits per heavy atom. The van der Waals surface area contributed by atoms with Crippen molar-refractivity contribution in [3.05, 3.63) is 82.9 Å². The number of rotatable bonds is 5. The lowest BCUT2D eigenvalue weighted by Gasteiger charge is -2.10. The van der Waals surface area contributed by atoms with Crippen molar-refractivity contribution in [2.45, 2.75) is 6.92 Å². The minimum Gasteiger partial charge on any atom is -0.497 e. The number of halogens is 1. The fourth-order valence-electron chi connectivity index (χ4n) is 2.41. The van der Waals surface area contributed by atoms with Gasteiger partial charge in [-0.2, -0.15) is 0 Å². The van der Waals surface area contributed by atoms with E-state index in [9.17, 15) is 4.79 Å². The van der Waals surface area contributed by atoms with Crippen LogP contribution in [0, 0.1) is 6.92 Å². The predicted molar refractivity (Wildman–Crippen MR) is 104 cm³/mol. The smallest absolute Gasteiger partial charge is 0.255 e. The van der Waals surface area contributed by atoms with Crippen molar-refractivity contribution >= 4 is 23.2 Å². The first-order chi connectivity index (χ1) is 12.5. The molecule has 1 N–H and O–H groups in total. The first kappa shape index (κ1) is 17.8. The van der Waals surface area contributed by atoms with Gasteiger partial charge in [-0.15, -0.1) is 0 Å². The number of anilines is 1. The van der Waals surface area contributed by atoms with E-state index in [1.54, 1.807) is 49.6 Å². The highest BCUT2D eigenvalue weighted by Gasteiger charge is 2.10. The molecule has 0 aliphatic rings. The Kier molecular flexibility index (Phi) is 5.44. The second kappa shape index (κ2) is 7.93. The first-order valence-corrected chi connectivity index (χ1v) is 8.42. The van der Waals surface area contributed by atoms with Gasteiger partial charge in [0.1, 0.15) is 17.2 Å². The quantitative estimate of drug-likeness (QED) is 0.629. The molecule has 0 atom stereocenters. The SMILES string of the molecule is COc1ccc(Cl)c(NC(=O)c2ccc(Oc3cccc(C)c3)cc2)c1. The Balaban J connectivity index is 1.71. The average Bonchev–Trinajstić information content (AvgIpc) is 2.64. The van der Waals surface area contributed by atoms with E-state index in [4.69, 9.17) is 21.1 Å². The highest BCUT2D eigenvalue weighted by molar-refractivity contribution is 6.34. The Labute approximate surface area is 157 Å². The largest absolute Gasteiger partial charge is 0.497 e. The second-order valence-electron chi connectivity index (χ2n) is 5.74. The lowest BCUT2D eigenvalue weighted by Crippen LogP contribution is -2.12. The molecule has 0 spiro atoms. The van der Waals surface area contributed by atoms with Crippen LogP contribution in [0.25, 0.3) is 0 Å². The van der Waals surface area contributed by atoms with Crippen molar-refractivity contribution in [1.29, 1.82) is 0 Å². The number of methoxy groups -OCH3 is 1. The minimum absolute atomic E-state index is 0.262. The topological polar surface area (TPSA) is 47.6 Å². The van der Waals surface area contributed by atoms with Crippen LogP contribution in [0.3, 0.4) is 0 Å². The number of hydrogen-bond acceptors (Lipinski definition) is 3. The Morgan fingerprint density at radius 2 is 1.65 bits per heavy atom. The molecule has 3 aromatic carbocycles. The van der Waals surface area contributed by atoms with Crippen LogP contribution >= 0.6 is 11.6 Å². The van der Waals surface area contributed by atoms with E-state index in [1.807, 2.05) is 31.2 Å². The lowest BCUT2D eigenvalue weighted by molar-refractivity contribution is 0.102. The van der Waals surface area contributed by atoms with E-state index in [-0.39, 0.29) is 5.91 Å². The van der Waals surface area contributed by atoms with Gasteiger partial charge in [0.05, 0.1) is 17.8 Å². The van der Waals surface area contributed by atoms with Crippen LogP contribution in [0.15, 0.2) is 66.7 Å².